The molecule has 1 aromatic heterocycles. The van der Waals surface area contributed by atoms with Crippen molar-refractivity contribution in [2.24, 2.45) is 39.4 Å². The zero-order valence-corrected chi connectivity index (χ0v) is 25.5. The van der Waals surface area contributed by atoms with Gasteiger partial charge in [0.15, 0.2) is 5.82 Å². The van der Waals surface area contributed by atoms with E-state index in [1.165, 1.54) is 0 Å². The zero-order valence-electron chi connectivity index (χ0n) is 25.5. The Morgan fingerprint density at radius 1 is 1.00 bits per heavy atom. The summed E-state index contributed by atoms with van der Waals surface area (Å²) in [4.78, 5) is 26.8. The average Bonchev–Trinajstić information content (AvgIpc) is 3.57. The maximum absolute atomic E-state index is 13.9. The third-order valence-electron chi connectivity index (χ3n) is 12.6. The highest BCUT2D eigenvalue weighted by molar-refractivity contribution is 5.85. The van der Waals surface area contributed by atoms with E-state index >= 15 is 0 Å². The zero-order chi connectivity index (χ0) is 29.0. The number of nitrogens with one attached hydrogen (secondary N) is 1. The molecule has 1 N–H and O–H groups in total. The molecular weight excluding hydrogens is 512 g/mol. The fraction of sp³-hybridized carbons (Fsp3) is 0.676. The number of benzene rings is 1. The quantitative estimate of drug-likeness (QED) is 0.296. The second kappa shape index (κ2) is 10.2. The molecule has 0 amide bonds. The third kappa shape index (κ3) is 4.40. The number of fused-ring (bicyclic) bond motifs is 4. The van der Waals surface area contributed by atoms with Gasteiger partial charge >= 0.3 is 5.97 Å². The first-order valence-electron chi connectivity index (χ1n) is 15.7. The van der Waals surface area contributed by atoms with E-state index in [0.29, 0.717) is 43.4 Å². The summed E-state index contributed by atoms with van der Waals surface area (Å²) in [5.74, 6) is 1.41. The summed E-state index contributed by atoms with van der Waals surface area (Å²) >= 11 is 0. The molecule has 2 saturated carbocycles. The highest BCUT2D eigenvalue weighted by Crippen LogP contribution is 2.72. The van der Waals surface area contributed by atoms with Gasteiger partial charge in [0.1, 0.15) is 12.4 Å². The van der Waals surface area contributed by atoms with Gasteiger partial charge in [-0.25, -0.2) is 0 Å². The van der Waals surface area contributed by atoms with Crippen LogP contribution < -0.4 is 0 Å². The molecule has 7 heteroatoms. The molecule has 0 saturated heterocycles. The van der Waals surface area contributed by atoms with Gasteiger partial charge < -0.3 is 4.74 Å². The predicted octanol–water partition coefficient (Wildman–Crippen LogP) is 6.81. The lowest BCUT2D eigenvalue weighted by atomic mass is 9.43. The van der Waals surface area contributed by atoms with Crippen LogP contribution in [0.3, 0.4) is 0 Å². The topological polar surface area (TPSA) is 97.8 Å². The lowest BCUT2D eigenvalue weighted by molar-refractivity contribution is -0.155. The average molecular weight is 559 g/mol. The summed E-state index contributed by atoms with van der Waals surface area (Å²) in [6, 6.07) is 9.94. The molecule has 220 valence electrons. The van der Waals surface area contributed by atoms with Gasteiger partial charge in [0.25, 0.3) is 0 Å². The Kier molecular flexibility index (Phi) is 7.01. The summed E-state index contributed by atoms with van der Waals surface area (Å²) in [5.41, 5.74) is 4.22. The summed E-state index contributed by atoms with van der Waals surface area (Å²) in [6.45, 7) is 12.1. The van der Waals surface area contributed by atoms with Gasteiger partial charge in [-0.15, -0.1) is 10.2 Å². The fourth-order valence-electron chi connectivity index (χ4n) is 10.1. The molecular formula is C34H46N4O3. The van der Waals surface area contributed by atoms with Gasteiger partial charge in [0.05, 0.1) is 5.92 Å². The van der Waals surface area contributed by atoms with Crippen LogP contribution in [-0.4, -0.2) is 32.4 Å². The Balaban J connectivity index is 1.30. The molecule has 4 aliphatic carbocycles. The van der Waals surface area contributed by atoms with E-state index in [-0.39, 0.29) is 39.5 Å². The lowest BCUT2D eigenvalue weighted by Gasteiger charge is -2.60. The smallest absolute Gasteiger partial charge is 0.309 e. The number of aryl methyl sites for hydroxylation is 1. The minimum atomic E-state index is -0.256. The highest BCUT2D eigenvalue weighted by atomic mass is 16.5. The van der Waals surface area contributed by atoms with Crippen LogP contribution in [0.25, 0.3) is 0 Å². The predicted molar refractivity (Wildman–Crippen MR) is 156 cm³/mol. The number of tetrazole rings is 1. The number of rotatable bonds is 7. The monoisotopic (exact) mass is 558 g/mol. The number of carbonyl (C=O) groups excluding carboxylic acids is 2. The number of H-pyrrole nitrogens is 1. The van der Waals surface area contributed by atoms with Crippen molar-refractivity contribution in [3.05, 3.63) is 52.9 Å². The highest BCUT2D eigenvalue weighted by Gasteiger charge is 2.64. The molecule has 6 atom stereocenters. The van der Waals surface area contributed by atoms with Crippen molar-refractivity contribution in [3.63, 3.8) is 0 Å². The first-order valence-corrected chi connectivity index (χ1v) is 15.7. The number of hydrogen-bond donors (Lipinski definition) is 1. The first-order chi connectivity index (χ1) is 19.5. The Bertz CT molecular complexity index is 1330. The Morgan fingerprint density at radius 3 is 2.51 bits per heavy atom. The molecule has 0 radical (unpaired) electrons. The van der Waals surface area contributed by atoms with Gasteiger partial charge in [-0.3, -0.25) is 9.59 Å². The number of hydrogen-bond acceptors (Lipinski definition) is 6. The molecule has 0 unspecified atom stereocenters. The number of ketones is 1. The molecule has 2 aromatic rings. The van der Waals surface area contributed by atoms with E-state index < -0.39 is 0 Å². The van der Waals surface area contributed by atoms with Gasteiger partial charge in [-0.1, -0.05) is 81.3 Å². The van der Waals surface area contributed by atoms with E-state index in [1.807, 2.05) is 30.3 Å². The molecule has 0 bridgehead atoms. The van der Waals surface area contributed by atoms with Gasteiger partial charge in [0.2, 0.25) is 0 Å². The number of Topliss-reactive ketones (excluding diaryl/α,β-unsaturated/α-hetero) is 1. The van der Waals surface area contributed by atoms with E-state index in [9.17, 15) is 9.59 Å². The van der Waals surface area contributed by atoms with Crippen LogP contribution in [0.2, 0.25) is 0 Å². The van der Waals surface area contributed by atoms with E-state index in [2.05, 4.69) is 55.2 Å². The molecule has 7 nitrogen and oxygen atoms in total. The standard InChI is InChI=1S/C34H46N4O3/c1-31(2)27-13-12-26-25(32(27,3)18-17-28(31)39)16-20-33(4)24(15-19-34(26,33)5)23(11-14-29-35-37-38-36-29)30(40)41-21-22-9-7-6-8-10-22/h6-10,23-24,27H,11-21H2,1-5H3,(H,35,36,37,38)/t23-,24-,27-,32+,33-,34+/m0/s1. The Morgan fingerprint density at radius 2 is 1.78 bits per heavy atom. The second-order valence-electron chi connectivity index (χ2n) is 14.6. The van der Waals surface area contributed by atoms with Crippen molar-refractivity contribution >= 4 is 11.8 Å². The number of esters is 1. The summed E-state index contributed by atoms with van der Waals surface area (Å²) in [6.07, 6.45) is 9.37. The molecule has 4 aliphatic rings. The number of aromatic nitrogens is 4. The van der Waals surface area contributed by atoms with Crippen LogP contribution in [-0.2, 0) is 27.4 Å². The van der Waals surface area contributed by atoms with E-state index in [0.717, 1.165) is 50.5 Å². The normalized spacial score (nSPS) is 34.9. The molecule has 0 aliphatic heterocycles. The Hall–Kier alpha value is -2.83. The van der Waals surface area contributed by atoms with Gasteiger partial charge in [-0.05, 0) is 85.0 Å². The van der Waals surface area contributed by atoms with E-state index in [4.69, 9.17) is 4.74 Å². The van der Waals surface area contributed by atoms with Gasteiger partial charge in [-0.2, -0.15) is 5.21 Å². The van der Waals surface area contributed by atoms with Crippen molar-refractivity contribution in [1.82, 2.24) is 20.6 Å². The molecule has 1 heterocycles. The van der Waals surface area contributed by atoms with Crippen molar-refractivity contribution in [2.45, 2.75) is 105 Å². The first kappa shape index (κ1) is 28.3. The third-order valence-corrected chi connectivity index (χ3v) is 12.6. The number of aromatic amines is 1. The largest absolute Gasteiger partial charge is 0.461 e. The molecule has 41 heavy (non-hydrogen) atoms. The lowest BCUT2D eigenvalue weighted by Crippen LogP contribution is -2.54. The maximum atomic E-state index is 13.9. The van der Waals surface area contributed by atoms with Crippen LogP contribution in [0, 0.1) is 39.4 Å². The number of ether oxygens (including phenoxy) is 1. The van der Waals surface area contributed by atoms with Gasteiger partial charge in [0, 0.05) is 18.3 Å². The van der Waals surface area contributed by atoms with Crippen LogP contribution in [0.4, 0.5) is 0 Å². The fourth-order valence-corrected chi connectivity index (χ4v) is 10.1. The minimum Gasteiger partial charge on any atom is -0.461 e. The molecule has 0 spiro atoms. The van der Waals surface area contributed by atoms with Crippen molar-refractivity contribution < 1.29 is 14.3 Å². The second-order valence-corrected chi connectivity index (χ2v) is 14.6. The molecule has 2 fully saturated rings. The Labute approximate surface area is 244 Å². The number of carbonyl (C=O) groups is 2. The van der Waals surface area contributed by atoms with E-state index in [1.54, 1.807) is 11.1 Å². The van der Waals surface area contributed by atoms with Crippen LogP contribution in [0.5, 0.6) is 0 Å². The SMILES string of the molecule is CC1(C)C(=O)CC[C@]2(C)C3=C(CC[C@@H]12)[C@@]1(C)CC[C@@H]([C@H](CCc2nn[nH]n2)C(=O)OCc2ccccc2)[C@]1(C)CC3. The maximum Gasteiger partial charge on any atom is 0.309 e. The summed E-state index contributed by atoms with van der Waals surface area (Å²) < 4.78 is 6.01. The van der Waals surface area contributed by atoms with Crippen molar-refractivity contribution in [3.8, 4) is 0 Å². The van der Waals surface area contributed by atoms with Crippen LogP contribution in [0.15, 0.2) is 41.5 Å². The summed E-state index contributed by atoms with van der Waals surface area (Å²) in [7, 11) is 0. The number of nitrogens with zero attached hydrogens (tertiary/aromatic N) is 3. The van der Waals surface area contributed by atoms with Crippen molar-refractivity contribution in [1.29, 1.82) is 0 Å². The number of allylic oxidation sites excluding steroid dienone is 2. The minimum absolute atomic E-state index is 0.00270. The molecule has 6 rings (SSSR count). The molecule has 1 aromatic carbocycles. The van der Waals surface area contributed by atoms with Crippen LogP contribution >= 0.6 is 0 Å². The summed E-state index contributed by atoms with van der Waals surface area (Å²) in [5, 5.41) is 14.6. The van der Waals surface area contributed by atoms with Crippen molar-refractivity contribution in [2.75, 3.05) is 0 Å². The van der Waals surface area contributed by atoms with Crippen LogP contribution in [0.1, 0.15) is 104 Å².